The van der Waals surface area contributed by atoms with Gasteiger partial charge in [-0.15, -0.1) is 0 Å². The summed E-state index contributed by atoms with van der Waals surface area (Å²) >= 11 is 0. The molecule has 9 heteroatoms. The summed E-state index contributed by atoms with van der Waals surface area (Å²) in [5.41, 5.74) is 1.94. The van der Waals surface area contributed by atoms with Gasteiger partial charge in [-0.1, -0.05) is 24.3 Å². The summed E-state index contributed by atoms with van der Waals surface area (Å²) in [5, 5.41) is 2.73. The molecule has 3 aliphatic heterocycles. The van der Waals surface area contributed by atoms with Crippen LogP contribution in [-0.4, -0.2) is 65.0 Å². The second-order valence-electron chi connectivity index (χ2n) is 9.59. The SMILES string of the molecule is COc1ccccc1CCN1C(=O)NC(CCC(=O)N2C[C@H]3C[C@@H](C2)c2cccc(=O)n2C3)C1=O. The number of urea groups is 1. The van der Waals surface area contributed by atoms with Crippen LogP contribution in [0.25, 0.3) is 0 Å². The fourth-order valence-electron chi connectivity index (χ4n) is 5.65. The van der Waals surface area contributed by atoms with Crippen molar-refractivity contribution < 1.29 is 19.1 Å². The molecule has 0 saturated carbocycles. The van der Waals surface area contributed by atoms with Crippen molar-refractivity contribution in [3.05, 3.63) is 64.1 Å². The maximum Gasteiger partial charge on any atom is 0.324 e. The lowest BCUT2D eigenvalue weighted by Crippen LogP contribution is -2.49. The van der Waals surface area contributed by atoms with Gasteiger partial charge < -0.3 is 19.5 Å². The minimum absolute atomic E-state index is 0.0130. The lowest BCUT2D eigenvalue weighted by Gasteiger charge is -2.42. The quantitative estimate of drug-likeness (QED) is 0.611. The lowest BCUT2D eigenvalue weighted by atomic mass is 9.83. The fourth-order valence-corrected chi connectivity index (χ4v) is 5.65. The minimum Gasteiger partial charge on any atom is -0.496 e. The molecule has 2 aromatic rings. The van der Waals surface area contributed by atoms with E-state index in [1.54, 1.807) is 19.2 Å². The molecular weight excluding hydrogens is 448 g/mol. The summed E-state index contributed by atoms with van der Waals surface area (Å²) in [6, 6.07) is 11.8. The fraction of sp³-hybridized carbons (Fsp3) is 0.462. The molecule has 1 unspecified atom stereocenters. The highest BCUT2D eigenvalue weighted by Gasteiger charge is 2.39. The summed E-state index contributed by atoms with van der Waals surface area (Å²) in [5.74, 6) is 0.824. The second kappa shape index (κ2) is 9.56. The molecule has 2 bridgehead atoms. The van der Waals surface area contributed by atoms with Gasteiger partial charge >= 0.3 is 6.03 Å². The largest absolute Gasteiger partial charge is 0.496 e. The normalized spacial score (nSPS) is 23.2. The van der Waals surface area contributed by atoms with E-state index >= 15 is 0 Å². The number of nitrogens with one attached hydrogen (secondary N) is 1. The van der Waals surface area contributed by atoms with Crippen molar-refractivity contribution in [3.63, 3.8) is 0 Å². The Morgan fingerprint density at radius 3 is 2.71 bits per heavy atom. The molecule has 0 radical (unpaired) electrons. The minimum atomic E-state index is -0.687. The van der Waals surface area contributed by atoms with Gasteiger partial charge in [0.25, 0.3) is 11.5 Å². The number of rotatable bonds is 7. The Balaban J connectivity index is 1.16. The van der Waals surface area contributed by atoms with Crippen molar-refractivity contribution in [1.29, 1.82) is 0 Å². The Hall–Kier alpha value is -3.62. The van der Waals surface area contributed by atoms with Crippen LogP contribution in [0.15, 0.2) is 47.3 Å². The highest BCUT2D eigenvalue weighted by molar-refractivity contribution is 6.04. The van der Waals surface area contributed by atoms with Crippen LogP contribution in [0.3, 0.4) is 0 Å². The number of fused-ring (bicyclic) bond motifs is 4. The van der Waals surface area contributed by atoms with Crippen molar-refractivity contribution in [2.75, 3.05) is 26.7 Å². The zero-order valence-electron chi connectivity index (χ0n) is 19.8. The number of piperidine rings is 1. The van der Waals surface area contributed by atoms with Crippen LogP contribution in [-0.2, 0) is 22.6 Å². The highest BCUT2D eigenvalue weighted by Crippen LogP contribution is 2.35. The predicted octanol–water partition coefficient (Wildman–Crippen LogP) is 1.75. The van der Waals surface area contributed by atoms with Gasteiger partial charge in [0.15, 0.2) is 0 Å². The van der Waals surface area contributed by atoms with Crippen LogP contribution >= 0.6 is 0 Å². The smallest absolute Gasteiger partial charge is 0.324 e. The Kier molecular flexibility index (Phi) is 6.32. The summed E-state index contributed by atoms with van der Waals surface area (Å²) < 4.78 is 7.19. The molecule has 5 rings (SSSR count). The number of methoxy groups -OCH3 is 1. The molecule has 0 spiro atoms. The van der Waals surface area contributed by atoms with E-state index in [4.69, 9.17) is 4.74 Å². The topological polar surface area (TPSA) is 101 Å². The van der Waals surface area contributed by atoms with E-state index < -0.39 is 12.1 Å². The first-order valence-corrected chi connectivity index (χ1v) is 12.2. The van der Waals surface area contributed by atoms with E-state index in [1.807, 2.05) is 39.8 Å². The molecule has 3 atom stereocenters. The Morgan fingerprint density at radius 1 is 1.06 bits per heavy atom. The van der Waals surface area contributed by atoms with E-state index in [1.165, 1.54) is 4.90 Å². The van der Waals surface area contributed by atoms with Crippen LogP contribution in [0.5, 0.6) is 5.75 Å². The first-order chi connectivity index (χ1) is 16.9. The first-order valence-electron chi connectivity index (χ1n) is 12.2. The molecule has 4 heterocycles. The molecule has 4 amide bonds. The molecule has 3 aliphatic rings. The molecule has 1 aromatic heterocycles. The molecule has 184 valence electrons. The van der Waals surface area contributed by atoms with Crippen molar-refractivity contribution in [1.82, 2.24) is 19.7 Å². The number of amides is 4. The second-order valence-corrected chi connectivity index (χ2v) is 9.59. The number of aromatic nitrogens is 1. The van der Waals surface area contributed by atoms with E-state index in [0.29, 0.717) is 26.1 Å². The number of hydrogen-bond donors (Lipinski definition) is 1. The number of pyridine rings is 1. The number of carbonyl (C=O) groups excluding carboxylic acids is 3. The average molecular weight is 479 g/mol. The number of para-hydroxylation sites is 1. The van der Waals surface area contributed by atoms with Gasteiger partial charge in [0, 0.05) is 50.3 Å². The van der Waals surface area contributed by atoms with E-state index in [-0.39, 0.29) is 48.6 Å². The third-order valence-electron chi connectivity index (χ3n) is 7.38. The molecule has 9 nitrogen and oxygen atoms in total. The van der Waals surface area contributed by atoms with Gasteiger partial charge in [0.1, 0.15) is 11.8 Å². The third kappa shape index (κ3) is 4.54. The number of hydrogen-bond acceptors (Lipinski definition) is 5. The van der Waals surface area contributed by atoms with Crippen LogP contribution < -0.4 is 15.6 Å². The molecule has 2 saturated heterocycles. The maximum absolute atomic E-state index is 13.0. The van der Waals surface area contributed by atoms with Crippen molar-refractivity contribution >= 4 is 17.8 Å². The zero-order chi connectivity index (χ0) is 24.5. The number of imide groups is 1. The molecule has 1 N–H and O–H groups in total. The van der Waals surface area contributed by atoms with Crippen molar-refractivity contribution in [2.24, 2.45) is 5.92 Å². The first kappa shape index (κ1) is 23.1. The summed E-state index contributed by atoms with van der Waals surface area (Å²) in [7, 11) is 1.59. The Morgan fingerprint density at radius 2 is 1.89 bits per heavy atom. The highest BCUT2D eigenvalue weighted by atomic mass is 16.5. The Bertz CT molecular complexity index is 1210. The molecule has 0 aliphatic carbocycles. The van der Waals surface area contributed by atoms with Gasteiger partial charge in [-0.3, -0.25) is 19.3 Å². The zero-order valence-corrected chi connectivity index (χ0v) is 19.8. The number of nitrogens with zero attached hydrogens (tertiary/aromatic N) is 3. The summed E-state index contributed by atoms with van der Waals surface area (Å²) in [6.07, 6.45) is 1.94. The van der Waals surface area contributed by atoms with Gasteiger partial charge in [-0.25, -0.2) is 4.79 Å². The van der Waals surface area contributed by atoms with Crippen LogP contribution in [0.1, 0.15) is 36.4 Å². The molecule has 1 aromatic carbocycles. The van der Waals surface area contributed by atoms with Crippen molar-refractivity contribution in [3.8, 4) is 5.75 Å². The van der Waals surface area contributed by atoms with E-state index in [2.05, 4.69) is 5.32 Å². The molecule has 35 heavy (non-hydrogen) atoms. The predicted molar refractivity (Wildman–Crippen MR) is 128 cm³/mol. The number of benzene rings is 1. The number of likely N-dealkylation sites (tertiary alicyclic amines) is 1. The summed E-state index contributed by atoms with van der Waals surface area (Å²) in [6.45, 7) is 2.08. The third-order valence-corrected chi connectivity index (χ3v) is 7.38. The average Bonchev–Trinajstić information content (AvgIpc) is 3.14. The lowest BCUT2D eigenvalue weighted by molar-refractivity contribution is -0.134. The molecule has 2 fully saturated rings. The monoisotopic (exact) mass is 478 g/mol. The summed E-state index contributed by atoms with van der Waals surface area (Å²) in [4.78, 5) is 53.6. The van der Waals surface area contributed by atoms with Crippen LogP contribution in [0.2, 0.25) is 0 Å². The van der Waals surface area contributed by atoms with Gasteiger partial charge in [0.2, 0.25) is 5.91 Å². The van der Waals surface area contributed by atoms with E-state index in [9.17, 15) is 19.2 Å². The Labute approximate surface area is 203 Å². The van der Waals surface area contributed by atoms with Gasteiger partial charge in [-0.2, -0.15) is 0 Å². The molecular formula is C26H30N4O5. The maximum atomic E-state index is 13.0. The van der Waals surface area contributed by atoms with Crippen LogP contribution in [0.4, 0.5) is 4.79 Å². The van der Waals surface area contributed by atoms with Gasteiger partial charge in [0.05, 0.1) is 7.11 Å². The van der Waals surface area contributed by atoms with Gasteiger partial charge in [-0.05, 0) is 42.9 Å². The van der Waals surface area contributed by atoms with Crippen molar-refractivity contribution in [2.45, 2.75) is 44.2 Å². The number of ether oxygens (including phenoxy) is 1. The standard InChI is InChI=1S/C26H30N4O5/c1-35-22-7-3-2-5-18(22)11-12-29-25(33)20(27-26(29)34)9-10-23(31)28-14-17-13-19(16-28)21-6-4-8-24(32)30(21)15-17/h2-8,17,19-20H,9-16H2,1H3,(H,27,34)/t17-,19+,20?/m1/s1. The van der Waals surface area contributed by atoms with Crippen LogP contribution in [0, 0.1) is 5.92 Å². The van der Waals surface area contributed by atoms with E-state index in [0.717, 1.165) is 23.4 Å². The number of carbonyl (C=O) groups is 3.